The van der Waals surface area contributed by atoms with Crippen LogP contribution < -0.4 is 5.32 Å². The lowest BCUT2D eigenvalue weighted by Gasteiger charge is -2.16. The van der Waals surface area contributed by atoms with Crippen molar-refractivity contribution in [3.63, 3.8) is 0 Å². The lowest BCUT2D eigenvalue weighted by Crippen LogP contribution is -2.34. The van der Waals surface area contributed by atoms with E-state index < -0.39 is 23.9 Å². The van der Waals surface area contributed by atoms with Crippen LogP contribution in [0.2, 0.25) is 5.02 Å². The molecule has 1 amide bonds. The van der Waals surface area contributed by atoms with Gasteiger partial charge in [0.25, 0.3) is 0 Å². The zero-order valence-corrected chi connectivity index (χ0v) is 12.6. The molecule has 1 unspecified atom stereocenters. The van der Waals surface area contributed by atoms with Gasteiger partial charge < -0.3 is 15.2 Å². The lowest BCUT2D eigenvalue weighted by atomic mass is 10.1. The Bertz CT molecular complexity index is 708. The Balaban J connectivity index is 2.06. The number of halogens is 2. The Morgan fingerprint density at radius 1 is 1.22 bits per heavy atom. The molecule has 120 valence electrons. The molecule has 2 N–H and O–H groups in total. The van der Waals surface area contributed by atoms with Crippen LogP contribution in [-0.2, 0) is 16.1 Å². The molecular weight excluding hydrogens is 325 g/mol. The number of benzene rings is 2. The van der Waals surface area contributed by atoms with Crippen molar-refractivity contribution in [1.82, 2.24) is 5.32 Å². The van der Waals surface area contributed by atoms with Gasteiger partial charge >= 0.3 is 12.1 Å². The molecule has 0 aliphatic heterocycles. The minimum atomic E-state index is -1.60. The van der Waals surface area contributed by atoms with Gasteiger partial charge in [-0.25, -0.2) is 14.0 Å². The molecule has 0 aromatic heterocycles. The zero-order chi connectivity index (χ0) is 16.8. The van der Waals surface area contributed by atoms with Gasteiger partial charge in [-0.2, -0.15) is 0 Å². The third kappa shape index (κ3) is 4.69. The SMILES string of the molecule is O=C(NC(C(=O)O)c1cc(Cl)ccc1F)OCc1ccccc1. The topological polar surface area (TPSA) is 75.6 Å². The monoisotopic (exact) mass is 337 g/mol. The summed E-state index contributed by atoms with van der Waals surface area (Å²) in [4.78, 5) is 23.0. The van der Waals surface area contributed by atoms with E-state index in [1.165, 1.54) is 6.07 Å². The molecule has 0 fully saturated rings. The molecule has 0 saturated heterocycles. The van der Waals surface area contributed by atoms with Crippen molar-refractivity contribution in [1.29, 1.82) is 0 Å². The van der Waals surface area contributed by atoms with Crippen LogP contribution in [0.4, 0.5) is 9.18 Å². The van der Waals surface area contributed by atoms with E-state index in [2.05, 4.69) is 5.32 Å². The van der Waals surface area contributed by atoms with Crippen molar-refractivity contribution in [2.75, 3.05) is 0 Å². The van der Waals surface area contributed by atoms with E-state index in [1.807, 2.05) is 6.07 Å². The van der Waals surface area contributed by atoms with Crippen molar-refractivity contribution < 1.29 is 23.8 Å². The first-order chi connectivity index (χ1) is 11.0. The Kier molecular flexibility index (Phi) is 5.54. The van der Waals surface area contributed by atoms with Crippen molar-refractivity contribution in [3.05, 3.63) is 70.5 Å². The number of ether oxygens (including phenoxy) is 1. The van der Waals surface area contributed by atoms with Crippen LogP contribution >= 0.6 is 11.6 Å². The van der Waals surface area contributed by atoms with Gasteiger partial charge in [-0.15, -0.1) is 0 Å². The van der Waals surface area contributed by atoms with E-state index in [4.69, 9.17) is 16.3 Å². The molecule has 0 bridgehead atoms. The van der Waals surface area contributed by atoms with Crippen molar-refractivity contribution in [3.8, 4) is 0 Å². The maximum absolute atomic E-state index is 13.8. The van der Waals surface area contributed by atoms with Gasteiger partial charge in [0.15, 0.2) is 6.04 Å². The fourth-order valence-electron chi connectivity index (χ4n) is 1.89. The summed E-state index contributed by atoms with van der Waals surface area (Å²) in [5.41, 5.74) is 0.491. The molecule has 7 heteroatoms. The van der Waals surface area contributed by atoms with Gasteiger partial charge in [0, 0.05) is 10.6 Å². The van der Waals surface area contributed by atoms with Crippen LogP contribution in [0.1, 0.15) is 17.2 Å². The van der Waals surface area contributed by atoms with Crippen LogP contribution in [0.15, 0.2) is 48.5 Å². The molecule has 2 rings (SSSR count). The van der Waals surface area contributed by atoms with Gasteiger partial charge in [-0.05, 0) is 23.8 Å². The second kappa shape index (κ2) is 7.60. The number of nitrogens with one attached hydrogen (secondary N) is 1. The second-order valence-corrected chi connectivity index (χ2v) is 5.08. The highest BCUT2D eigenvalue weighted by atomic mass is 35.5. The number of aliphatic carboxylic acids is 1. The summed E-state index contributed by atoms with van der Waals surface area (Å²) in [6.07, 6.45) is -0.972. The van der Waals surface area contributed by atoms with E-state index >= 15 is 0 Å². The predicted molar refractivity (Wildman–Crippen MR) is 81.5 cm³/mol. The van der Waals surface area contributed by atoms with Crippen LogP contribution in [0.3, 0.4) is 0 Å². The van der Waals surface area contributed by atoms with Crippen LogP contribution in [0, 0.1) is 5.82 Å². The first-order valence-electron chi connectivity index (χ1n) is 6.62. The first-order valence-corrected chi connectivity index (χ1v) is 7.00. The van der Waals surface area contributed by atoms with Gasteiger partial charge in [0.2, 0.25) is 0 Å². The summed E-state index contributed by atoms with van der Waals surface area (Å²) in [6.45, 7) is -0.0307. The molecule has 0 saturated carbocycles. The van der Waals surface area contributed by atoms with E-state index in [0.29, 0.717) is 0 Å². The minimum absolute atomic E-state index is 0.0307. The van der Waals surface area contributed by atoms with Crippen LogP contribution in [-0.4, -0.2) is 17.2 Å². The van der Waals surface area contributed by atoms with Crippen LogP contribution in [0.25, 0.3) is 0 Å². The van der Waals surface area contributed by atoms with E-state index in [9.17, 15) is 19.1 Å². The molecule has 0 aliphatic rings. The number of amides is 1. The molecule has 0 aliphatic carbocycles. The first kappa shape index (κ1) is 16.8. The highest BCUT2D eigenvalue weighted by Gasteiger charge is 2.26. The molecular formula is C16H13ClFNO4. The number of alkyl carbamates (subject to hydrolysis) is 1. The average molecular weight is 338 g/mol. The Morgan fingerprint density at radius 2 is 1.91 bits per heavy atom. The number of carboxylic acids is 1. The third-order valence-electron chi connectivity index (χ3n) is 2.99. The molecule has 2 aromatic rings. The summed E-state index contributed by atoms with van der Waals surface area (Å²) in [5.74, 6) is -2.21. The summed E-state index contributed by atoms with van der Waals surface area (Å²) >= 11 is 5.74. The van der Waals surface area contributed by atoms with Gasteiger partial charge in [-0.3, -0.25) is 0 Å². The number of carbonyl (C=O) groups excluding carboxylic acids is 1. The molecule has 0 spiro atoms. The van der Waals surface area contributed by atoms with Crippen LogP contribution in [0.5, 0.6) is 0 Å². The zero-order valence-electron chi connectivity index (χ0n) is 11.8. The summed E-state index contributed by atoms with van der Waals surface area (Å²) < 4.78 is 18.7. The molecule has 0 radical (unpaired) electrons. The Morgan fingerprint density at radius 3 is 2.57 bits per heavy atom. The van der Waals surface area contributed by atoms with Crippen molar-refractivity contribution >= 4 is 23.7 Å². The lowest BCUT2D eigenvalue weighted by molar-refractivity contribution is -0.139. The third-order valence-corrected chi connectivity index (χ3v) is 3.23. The standard InChI is InChI=1S/C16H13ClFNO4/c17-11-6-7-13(18)12(8-11)14(15(20)21)19-16(22)23-9-10-4-2-1-3-5-10/h1-8,14H,9H2,(H,19,22)(H,20,21). The molecule has 2 aromatic carbocycles. The number of carboxylic acid groups (broad SMARTS) is 1. The largest absolute Gasteiger partial charge is 0.479 e. The highest BCUT2D eigenvalue weighted by Crippen LogP contribution is 2.22. The quantitative estimate of drug-likeness (QED) is 0.875. The summed E-state index contributed by atoms with van der Waals surface area (Å²) in [7, 11) is 0. The highest BCUT2D eigenvalue weighted by molar-refractivity contribution is 6.30. The normalized spacial score (nSPS) is 11.6. The Labute approximate surface area is 136 Å². The van der Waals surface area contributed by atoms with Gasteiger partial charge in [0.1, 0.15) is 12.4 Å². The number of hydrogen-bond donors (Lipinski definition) is 2. The second-order valence-electron chi connectivity index (χ2n) is 4.64. The van der Waals surface area contributed by atoms with E-state index in [1.54, 1.807) is 24.3 Å². The summed E-state index contributed by atoms with van der Waals surface area (Å²) in [6, 6.07) is 10.7. The molecule has 5 nitrogen and oxygen atoms in total. The number of carbonyl (C=O) groups is 2. The fourth-order valence-corrected chi connectivity index (χ4v) is 2.07. The van der Waals surface area contributed by atoms with E-state index in [0.717, 1.165) is 17.7 Å². The smallest absolute Gasteiger partial charge is 0.408 e. The maximum atomic E-state index is 13.8. The molecule has 0 heterocycles. The van der Waals surface area contributed by atoms with Gasteiger partial charge in [0.05, 0.1) is 0 Å². The minimum Gasteiger partial charge on any atom is -0.479 e. The van der Waals surface area contributed by atoms with Crippen molar-refractivity contribution in [2.24, 2.45) is 0 Å². The van der Waals surface area contributed by atoms with Crippen molar-refractivity contribution in [2.45, 2.75) is 12.6 Å². The predicted octanol–water partition coefficient (Wildman–Crippen LogP) is 3.53. The Hall–Kier alpha value is -2.60. The molecule has 1 atom stereocenters. The molecule has 23 heavy (non-hydrogen) atoms. The maximum Gasteiger partial charge on any atom is 0.408 e. The van der Waals surface area contributed by atoms with E-state index in [-0.39, 0.29) is 17.2 Å². The fraction of sp³-hybridized carbons (Fsp3) is 0.125. The van der Waals surface area contributed by atoms with Gasteiger partial charge in [-0.1, -0.05) is 41.9 Å². The number of hydrogen-bond acceptors (Lipinski definition) is 3. The summed E-state index contributed by atoms with van der Waals surface area (Å²) in [5, 5.41) is 11.5. The number of rotatable bonds is 5. The average Bonchev–Trinajstić information content (AvgIpc) is 2.54.